The first-order valence-electron chi connectivity index (χ1n) is 8.60. The lowest BCUT2D eigenvalue weighted by molar-refractivity contribution is -0.139. The summed E-state index contributed by atoms with van der Waals surface area (Å²) in [6.07, 6.45) is -2.52. The SMILES string of the molecule is CC(NC(=O)c1ccc(C=CC(c2cc(Cl)c(Cl)c(Cl)c2)C(F)(F)F)cc1Cl)C(N)=O. The van der Waals surface area contributed by atoms with Crippen LogP contribution >= 0.6 is 46.4 Å². The number of nitrogens with two attached hydrogens (primary N) is 1. The molecule has 0 bridgehead atoms. The fourth-order valence-electron chi connectivity index (χ4n) is 2.54. The first-order valence-corrected chi connectivity index (χ1v) is 10.1. The minimum Gasteiger partial charge on any atom is -0.368 e. The Morgan fingerprint density at radius 3 is 2.10 bits per heavy atom. The molecule has 0 spiro atoms. The molecule has 0 saturated carbocycles. The van der Waals surface area contributed by atoms with E-state index in [0.717, 1.165) is 18.2 Å². The van der Waals surface area contributed by atoms with Crippen LogP contribution in [0.25, 0.3) is 6.08 Å². The molecule has 11 heteroatoms. The van der Waals surface area contributed by atoms with Crippen molar-refractivity contribution < 1.29 is 22.8 Å². The van der Waals surface area contributed by atoms with E-state index in [2.05, 4.69) is 5.32 Å². The van der Waals surface area contributed by atoms with Crippen LogP contribution in [0.1, 0.15) is 34.3 Å². The molecule has 0 saturated heterocycles. The van der Waals surface area contributed by atoms with Crippen LogP contribution in [-0.4, -0.2) is 24.0 Å². The number of rotatable bonds is 6. The summed E-state index contributed by atoms with van der Waals surface area (Å²) < 4.78 is 40.9. The Balaban J connectivity index is 2.32. The van der Waals surface area contributed by atoms with Gasteiger partial charge in [-0.25, -0.2) is 0 Å². The quantitative estimate of drug-likeness (QED) is 0.447. The number of primary amides is 1. The summed E-state index contributed by atoms with van der Waals surface area (Å²) in [4.78, 5) is 23.2. The molecule has 31 heavy (non-hydrogen) atoms. The fourth-order valence-corrected chi connectivity index (χ4v) is 3.42. The molecule has 0 heterocycles. The highest BCUT2D eigenvalue weighted by molar-refractivity contribution is 6.48. The second-order valence-electron chi connectivity index (χ2n) is 6.51. The molecular weight excluding hydrogens is 499 g/mol. The van der Waals surface area contributed by atoms with Gasteiger partial charge in [-0.05, 0) is 42.3 Å². The Morgan fingerprint density at radius 1 is 1.03 bits per heavy atom. The number of halogens is 7. The van der Waals surface area contributed by atoms with Crippen LogP contribution in [0, 0.1) is 0 Å². The van der Waals surface area contributed by atoms with Gasteiger partial charge in [-0.1, -0.05) is 64.6 Å². The van der Waals surface area contributed by atoms with Crippen LogP contribution in [0.5, 0.6) is 0 Å². The second-order valence-corrected chi connectivity index (χ2v) is 8.11. The monoisotopic (exact) mass is 512 g/mol. The van der Waals surface area contributed by atoms with Crippen molar-refractivity contribution in [2.45, 2.75) is 25.1 Å². The Bertz CT molecular complexity index is 1020. The maximum absolute atomic E-state index is 13.6. The van der Waals surface area contributed by atoms with Crippen LogP contribution in [0.15, 0.2) is 36.4 Å². The van der Waals surface area contributed by atoms with Crippen molar-refractivity contribution in [1.29, 1.82) is 0 Å². The van der Waals surface area contributed by atoms with Crippen molar-refractivity contribution in [2.75, 3.05) is 0 Å². The van der Waals surface area contributed by atoms with Crippen LogP contribution in [-0.2, 0) is 4.79 Å². The van der Waals surface area contributed by atoms with Gasteiger partial charge in [0.05, 0.1) is 31.6 Å². The average Bonchev–Trinajstić information content (AvgIpc) is 2.64. The van der Waals surface area contributed by atoms with E-state index < -0.39 is 30.0 Å². The zero-order valence-corrected chi connectivity index (χ0v) is 18.8. The predicted molar refractivity (Wildman–Crippen MR) is 117 cm³/mol. The molecule has 2 unspecified atom stereocenters. The van der Waals surface area contributed by atoms with Crippen molar-refractivity contribution in [3.63, 3.8) is 0 Å². The van der Waals surface area contributed by atoms with E-state index in [4.69, 9.17) is 52.1 Å². The van der Waals surface area contributed by atoms with E-state index in [1.807, 2.05) is 0 Å². The Morgan fingerprint density at radius 2 is 1.61 bits per heavy atom. The standard InChI is InChI=1S/C20H15Cl4F3N2O2/c1-9(18(28)30)29-19(31)12-4-2-10(6-14(12)21)3-5-13(20(25,26)27)11-7-15(22)17(24)16(23)8-11/h2-9,13H,1H3,(H2,28,30)(H,29,31). The lowest BCUT2D eigenvalue weighted by atomic mass is 9.97. The van der Waals surface area contributed by atoms with Gasteiger partial charge < -0.3 is 11.1 Å². The highest BCUT2D eigenvalue weighted by atomic mass is 35.5. The van der Waals surface area contributed by atoms with Gasteiger partial charge in [-0.3, -0.25) is 9.59 Å². The lowest BCUT2D eigenvalue weighted by Gasteiger charge is -2.18. The molecule has 0 fully saturated rings. The van der Waals surface area contributed by atoms with E-state index in [0.29, 0.717) is 5.56 Å². The first kappa shape index (κ1) is 25.3. The van der Waals surface area contributed by atoms with Gasteiger partial charge in [0, 0.05) is 0 Å². The van der Waals surface area contributed by atoms with E-state index in [-0.39, 0.29) is 31.2 Å². The molecule has 0 aliphatic carbocycles. The van der Waals surface area contributed by atoms with Crippen molar-refractivity contribution in [3.05, 3.63) is 73.2 Å². The topological polar surface area (TPSA) is 72.2 Å². The molecule has 2 aromatic rings. The molecule has 2 atom stereocenters. The number of amides is 2. The largest absolute Gasteiger partial charge is 0.399 e. The van der Waals surface area contributed by atoms with Crippen LogP contribution in [0.3, 0.4) is 0 Å². The Labute approximate surface area is 196 Å². The van der Waals surface area contributed by atoms with Gasteiger partial charge in [0.2, 0.25) is 5.91 Å². The van der Waals surface area contributed by atoms with Gasteiger partial charge >= 0.3 is 6.18 Å². The number of hydrogen-bond acceptors (Lipinski definition) is 2. The van der Waals surface area contributed by atoms with E-state index >= 15 is 0 Å². The second kappa shape index (κ2) is 10.1. The van der Waals surface area contributed by atoms with E-state index in [1.165, 1.54) is 31.2 Å². The summed E-state index contributed by atoms with van der Waals surface area (Å²) in [7, 11) is 0. The highest BCUT2D eigenvalue weighted by Gasteiger charge is 2.39. The number of carbonyl (C=O) groups is 2. The summed E-state index contributed by atoms with van der Waals surface area (Å²) in [5.74, 6) is -3.40. The Hall–Kier alpha value is -1.93. The molecule has 0 aromatic heterocycles. The normalized spacial score (nSPS) is 13.8. The Kier molecular flexibility index (Phi) is 8.27. The molecule has 166 valence electrons. The predicted octanol–water partition coefficient (Wildman–Crippen LogP) is 6.26. The van der Waals surface area contributed by atoms with Crippen molar-refractivity contribution in [2.24, 2.45) is 5.73 Å². The molecule has 0 aliphatic rings. The third-order valence-corrected chi connectivity index (χ3v) is 5.72. The number of alkyl halides is 3. The average molecular weight is 514 g/mol. The number of allylic oxidation sites excluding steroid dienone is 1. The molecule has 3 N–H and O–H groups in total. The molecule has 2 amide bonds. The zero-order valence-electron chi connectivity index (χ0n) is 15.7. The third-order valence-electron chi connectivity index (χ3n) is 4.21. The number of hydrogen-bond donors (Lipinski definition) is 2. The fraction of sp³-hybridized carbons (Fsp3) is 0.200. The van der Waals surface area contributed by atoms with Gasteiger partial charge in [0.1, 0.15) is 6.04 Å². The number of benzene rings is 2. The van der Waals surface area contributed by atoms with Crippen molar-refractivity contribution in [1.82, 2.24) is 5.32 Å². The van der Waals surface area contributed by atoms with E-state index in [9.17, 15) is 22.8 Å². The van der Waals surface area contributed by atoms with Crippen LogP contribution < -0.4 is 11.1 Å². The smallest absolute Gasteiger partial charge is 0.368 e. The third kappa shape index (κ3) is 6.53. The zero-order chi connectivity index (χ0) is 23.5. The van der Waals surface area contributed by atoms with Crippen molar-refractivity contribution >= 4 is 64.3 Å². The molecule has 4 nitrogen and oxygen atoms in total. The first-order chi connectivity index (χ1) is 14.3. The molecular formula is C20H15Cl4F3N2O2. The van der Waals surface area contributed by atoms with Gasteiger partial charge in [0.25, 0.3) is 5.91 Å². The van der Waals surface area contributed by atoms with Gasteiger partial charge in [-0.15, -0.1) is 0 Å². The van der Waals surface area contributed by atoms with E-state index in [1.54, 1.807) is 0 Å². The summed E-state index contributed by atoms with van der Waals surface area (Å²) in [5.41, 5.74) is 5.25. The number of carbonyl (C=O) groups excluding carboxylic acids is 2. The van der Waals surface area contributed by atoms with Crippen molar-refractivity contribution in [3.8, 4) is 0 Å². The summed E-state index contributed by atoms with van der Waals surface area (Å²) in [6, 6.07) is 5.31. The summed E-state index contributed by atoms with van der Waals surface area (Å²) >= 11 is 23.6. The summed E-state index contributed by atoms with van der Waals surface area (Å²) in [5, 5.41) is 2.10. The highest BCUT2D eigenvalue weighted by Crippen LogP contribution is 2.41. The maximum Gasteiger partial charge on any atom is 0.399 e. The van der Waals surface area contributed by atoms with Gasteiger partial charge in [-0.2, -0.15) is 13.2 Å². The minimum absolute atomic E-state index is 0.0162. The van der Waals surface area contributed by atoms with Crippen LogP contribution in [0.2, 0.25) is 20.1 Å². The summed E-state index contributed by atoms with van der Waals surface area (Å²) in [6.45, 7) is 1.40. The molecule has 2 aromatic carbocycles. The van der Waals surface area contributed by atoms with Gasteiger partial charge in [0.15, 0.2) is 0 Å². The maximum atomic E-state index is 13.6. The molecule has 0 aliphatic heterocycles. The number of nitrogens with one attached hydrogen (secondary N) is 1. The molecule has 2 rings (SSSR count). The van der Waals surface area contributed by atoms with Crippen LogP contribution in [0.4, 0.5) is 13.2 Å². The minimum atomic E-state index is -4.63. The lowest BCUT2D eigenvalue weighted by Crippen LogP contribution is -2.42. The molecule has 0 radical (unpaired) electrons.